The quantitative estimate of drug-likeness (QED) is 0.436. The van der Waals surface area contributed by atoms with Gasteiger partial charge in [-0.1, -0.05) is 32.1 Å². The van der Waals surface area contributed by atoms with Crippen LogP contribution in [0.25, 0.3) is 17.3 Å². The average molecular weight is 478 g/mol. The Morgan fingerprint density at radius 2 is 1.88 bits per heavy atom. The maximum absolute atomic E-state index is 13.5. The molecule has 0 unspecified atom stereocenters. The predicted molar refractivity (Wildman–Crippen MR) is 126 cm³/mol. The molecule has 33 heavy (non-hydrogen) atoms. The number of carbonyl (C=O) groups excluding carboxylic acids is 1. The molecule has 0 saturated heterocycles. The lowest BCUT2D eigenvalue weighted by atomic mass is 9.97. The van der Waals surface area contributed by atoms with Crippen molar-refractivity contribution in [1.29, 1.82) is 0 Å². The molecule has 0 bridgehead atoms. The van der Waals surface area contributed by atoms with Gasteiger partial charge in [0, 0.05) is 24.3 Å². The Kier molecular flexibility index (Phi) is 8.84. The molecule has 0 aliphatic rings. The normalized spacial score (nSPS) is 13.1. The van der Waals surface area contributed by atoms with E-state index >= 15 is 0 Å². The van der Waals surface area contributed by atoms with Crippen molar-refractivity contribution < 1.29 is 27.4 Å². The molecule has 0 spiro atoms. The van der Waals surface area contributed by atoms with E-state index in [2.05, 4.69) is 14.7 Å². The van der Waals surface area contributed by atoms with E-state index in [4.69, 9.17) is 0 Å². The molecular weight excluding hydrogens is 449 g/mol. The molecule has 0 radical (unpaired) electrons. The van der Waals surface area contributed by atoms with E-state index in [1.807, 2.05) is 13.8 Å². The van der Waals surface area contributed by atoms with Crippen LogP contribution in [0.1, 0.15) is 37.4 Å². The molecule has 2 rings (SSSR count). The topological polar surface area (TPSA) is 110 Å². The maximum atomic E-state index is 13.5. The van der Waals surface area contributed by atoms with Crippen LogP contribution in [0.3, 0.4) is 0 Å². The molecule has 0 saturated carbocycles. The molecule has 1 aromatic carbocycles. The lowest BCUT2D eigenvalue weighted by Gasteiger charge is -2.20. The first-order valence-electron chi connectivity index (χ1n) is 10.2. The minimum atomic E-state index is -3.62. The summed E-state index contributed by atoms with van der Waals surface area (Å²) in [4.78, 5) is 20.1. The highest BCUT2D eigenvalue weighted by molar-refractivity contribution is 7.92. The van der Waals surface area contributed by atoms with Gasteiger partial charge in [0.1, 0.15) is 5.82 Å². The van der Waals surface area contributed by atoms with Gasteiger partial charge in [-0.2, -0.15) is 0 Å². The third-order valence-electron chi connectivity index (χ3n) is 4.72. The second-order valence-electron chi connectivity index (χ2n) is 7.65. The van der Waals surface area contributed by atoms with Gasteiger partial charge < -0.3 is 9.84 Å². The fourth-order valence-electron chi connectivity index (χ4n) is 2.85. The van der Waals surface area contributed by atoms with Crippen molar-refractivity contribution in [1.82, 2.24) is 9.97 Å². The number of benzene rings is 1. The average Bonchev–Trinajstić information content (AvgIpc) is 2.76. The Morgan fingerprint density at radius 1 is 1.24 bits per heavy atom. The second kappa shape index (κ2) is 11.2. The van der Waals surface area contributed by atoms with E-state index in [1.165, 1.54) is 44.5 Å². The van der Waals surface area contributed by atoms with Crippen LogP contribution in [-0.2, 0) is 19.6 Å². The summed E-state index contributed by atoms with van der Waals surface area (Å²) in [7, 11) is -0.998. The zero-order valence-corrected chi connectivity index (χ0v) is 20.0. The van der Waals surface area contributed by atoms with Gasteiger partial charge in [0.15, 0.2) is 0 Å². The molecule has 0 aliphatic carbocycles. The van der Waals surface area contributed by atoms with Crippen LogP contribution in [0.4, 0.5) is 10.3 Å². The number of hydrogen-bond acceptors (Lipinski definition) is 7. The predicted octanol–water partition coefficient (Wildman–Crippen LogP) is 3.30. The van der Waals surface area contributed by atoms with Crippen molar-refractivity contribution in [2.24, 2.45) is 0 Å². The molecule has 2 aromatic rings. The number of aliphatic hydroxyl groups is 1. The van der Waals surface area contributed by atoms with Crippen LogP contribution in [0.2, 0.25) is 0 Å². The third-order valence-corrected chi connectivity index (χ3v) is 5.88. The van der Waals surface area contributed by atoms with Crippen LogP contribution in [0, 0.1) is 5.82 Å². The van der Waals surface area contributed by atoms with E-state index in [-0.39, 0.29) is 18.3 Å². The number of aromatic nitrogens is 2. The van der Waals surface area contributed by atoms with Crippen molar-refractivity contribution in [3.05, 3.63) is 59.6 Å². The van der Waals surface area contributed by atoms with E-state index < -0.39 is 27.9 Å². The number of rotatable bonds is 9. The van der Waals surface area contributed by atoms with Crippen molar-refractivity contribution in [2.75, 3.05) is 24.7 Å². The maximum Gasteiger partial charge on any atom is 0.330 e. The van der Waals surface area contributed by atoms with Crippen LogP contribution < -0.4 is 4.31 Å². The number of hydrogen-bond donors (Lipinski definition) is 1. The van der Waals surface area contributed by atoms with Gasteiger partial charge in [-0.15, -0.1) is 0 Å². The lowest BCUT2D eigenvalue weighted by Crippen LogP contribution is -2.27. The van der Waals surface area contributed by atoms with E-state index in [1.54, 1.807) is 18.2 Å². The van der Waals surface area contributed by atoms with Gasteiger partial charge in [-0.3, -0.25) is 0 Å². The van der Waals surface area contributed by atoms with Crippen molar-refractivity contribution >= 4 is 28.0 Å². The molecule has 1 atom stereocenters. The van der Waals surface area contributed by atoms with Crippen LogP contribution in [-0.4, -0.2) is 56.0 Å². The number of carbonyl (C=O) groups is 1. The minimum absolute atomic E-state index is 0.0146. The van der Waals surface area contributed by atoms with Crippen molar-refractivity contribution in [3.8, 4) is 11.3 Å². The number of methoxy groups -OCH3 is 1. The second-order valence-corrected chi connectivity index (χ2v) is 9.66. The number of halogens is 1. The van der Waals surface area contributed by atoms with Crippen LogP contribution in [0.15, 0.2) is 42.5 Å². The highest BCUT2D eigenvalue weighted by Crippen LogP contribution is 2.31. The fourth-order valence-corrected chi connectivity index (χ4v) is 3.23. The SMILES string of the molecule is COC(=O)/C=C/C[C@H](O)/C=C/c1c(-c2ccc(F)cc2)nc(N(C)S(C)(=O)=O)nc1C(C)C. The molecule has 0 fully saturated rings. The summed E-state index contributed by atoms with van der Waals surface area (Å²) in [5.41, 5.74) is 2.08. The fraction of sp³-hybridized carbons (Fsp3) is 0.348. The summed E-state index contributed by atoms with van der Waals surface area (Å²) < 4.78 is 43.2. The molecule has 178 valence electrons. The number of aliphatic hydroxyl groups excluding tert-OH is 1. The summed E-state index contributed by atoms with van der Waals surface area (Å²) in [6.07, 6.45) is 6.20. The first-order valence-corrected chi connectivity index (χ1v) is 12.0. The molecule has 0 aliphatic heterocycles. The van der Waals surface area contributed by atoms with E-state index in [0.717, 1.165) is 10.6 Å². The number of sulfonamides is 1. The Morgan fingerprint density at radius 3 is 2.42 bits per heavy atom. The van der Waals surface area contributed by atoms with Gasteiger partial charge in [-0.25, -0.2) is 31.9 Å². The smallest absolute Gasteiger partial charge is 0.330 e. The third kappa shape index (κ3) is 7.19. The lowest BCUT2D eigenvalue weighted by molar-refractivity contribution is -0.134. The standard InChI is InChI=1S/C23H28FN3O5S/c1-15(2)21-19(14-13-18(28)7-6-8-20(29)32-4)22(16-9-11-17(24)12-10-16)26-23(25-21)27(3)33(5,30)31/h6,8-15,18,28H,7H2,1-5H3/b8-6+,14-13+/t18-/m0/s1. The summed E-state index contributed by atoms with van der Waals surface area (Å²) in [5.74, 6) is -1.07. The number of nitrogens with zero attached hydrogens (tertiary/aromatic N) is 3. The molecule has 1 N–H and O–H groups in total. The van der Waals surface area contributed by atoms with Crippen molar-refractivity contribution in [2.45, 2.75) is 32.3 Å². The highest BCUT2D eigenvalue weighted by atomic mass is 32.2. The zero-order chi connectivity index (χ0) is 24.8. The Labute approximate surface area is 193 Å². The Bertz CT molecular complexity index is 1150. The summed E-state index contributed by atoms with van der Waals surface area (Å²) in [6, 6.07) is 5.65. The molecular formula is C23H28FN3O5S. The van der Waals surface area contributed by atoms with Crippen LogP contribution in [0.5, 0.6) is 0 Å². The van der Waals surface area contributed by atoms with E-state index in [0.29, 0.717) is 22.5 Å². The first-order chi connectivity index (χ1) is 15.4. The molecule has 10 heteroatoms. The minimum Gasteiger partial charge on any atom is -0.466 e. The number of esters is 1. The van der Waals surface area contributed by atoms with Gasteiger partial charge in [0.2, 0.25) is 16.0 Å². The summed E-state index contributed by atoms with van der Waals surface area (Å²) in [6.45, 7) is 3.79. The molecule has 8 nitrogen and oxygen atoms in total. The molecule has 1 aromatic heterocycles. The van der Waals surface area contributed by atoms with Gasteiger partial charge in [0.05, 0.1) is 30.9 Å². The Hall–Kier alpha value is -3.11. The number of ether oxygens (including phenoxy) is 1. The van der Waals surface area contributed by atoms with Gasteiger partial charge in [-0.05, 0) is 36.6 Å². The Balaban J connectivity index is 2.60. The zero-order valence-electron chi connectivity index (χ0n) is 19.2. The monoisotopic (exact) mass is 477 g/mol. The summed E-state index contributed by atoms with van der Waals surface area (Å²) >= 11 is 0. The molecule has 1 heterocycles. The highest BCUT2D eigenvalue weighted by Gasteiger charge is 2.22. The number of anilines is 1. The molecule has 0 amide bonds. The van der Waals surface area contributed by atoms with Crippen molar-refractivity contribution in [3.63, 3.8) is 0 Å². The van der Waals surface area contributed by atoms with E-state index in [9.17, 15) is 22.7 Å². The largest absolute Gasteiger partial charge is 0.466 e. The van der Waals surface area contributed by atoms with Gasteiger partial charge in [0.25, 0.3) is 0 Å². The summed E-state index contributed by atoms with van der Waals surface area (Å²) in [5, 5.41) is 10.3. The first kappa shape index (κ1) is 26.1. The van der Waals surface area contributed by atoms with Crippen LogP contribution >= 0.6 is 0 Å². The van der Waals surface area contributed by atoms with Gasteiger partial charge >= 0.3 is 5.97 Å².